The summed E-state index contributed by atoms with van der Waals surface area (Å²) < 4.78 is 0. The zero-order chi connectivity index (χ0) is 17.4. The molecule has 0 saturated heterocycles. The fourth-order valence-corrected chi connectivity index (χ4v) is 2.27. The second-order valence-electron chi connectivity index (χ2n) is 6.08. The predicted octanol–water partition coefficient (Wildman–Crippen LogP) is 4.35. The van der Waals surface area contributed by atoms with Crippen molar-refractivity contribution in [3.05, 3.63) is 46.6 Å². The summed E-state index contributed by atoms with van der Waals surface area (Å²) in [4.78, 5) is 10.6. The lowest BCUT2D eigenvalue weighted by Crippen LogP contribution is -1.98. The Balaban J connectivity index is 2.73. The molecule has 1 rings (SSSR count). The zero-order valence-electron chi connectivity index (χ0n) is 14.1. The summed E-state index contributed by atoms with van der Waals surface area (Å²) in [6.45, 7) is 6.18. The van der Waals surface area contributed by atoms with Crippen LogP contribution in [-0.4, -0.2) is 21.3 Å². The Morgan fingerprint density at radius 1 is 1.04 bits per heavy atom. The smallest absolute Gasteiger partial charge is 0.303 e. The summed E-state index contributed by atoms with van der Waals surface area (Å²) in [6.07, 6.45) is 6.83. The van der Waals surface area contributed by atoms with E-state index in [1.807, 2.05) is 13.0 Å². The molecule has 0 fully saturated rings. The largest absolute Gasteiger partial charge is 0.508 e. The summed E-state index contributed by atoms with van der Waals surface area (Å²) in [6, 6.07) is 3.06. The predicted molar refractivity (Wildman–Crippen MR) is 91.9 cm³/mol. The van der Waals surface area contributed by atoms with E-state index in [-0.39, 0.29) is 24.3 Å². The van der Waals surface area contributed by atoms with Crippen LogP contribution in [0.25, 0.3) is 0 Å². The molecule has 0 atom stereocenters. The van der Waals surface area contributed by atoms with Crippen molar-refractivity contribution in [3.63, 3.8) is 0 Å². The van der Waals surface area contributed by atoms with E-state index in [0.29, 0.717) is 17.5 Å². The maximum absolute atomic E-state index is 10.6. The van der Waals surface area contributed by atoms with Gasteiger partial charge in [-0.25, -0.2) is 0 Å². The Hall–Kier alpha value is -2.23. The van der Waals surface area contributed by atoms with Crippen molar-refractivity contribution in [2.45, 2.75) is 52.9 Å². The first kappa shape index (κ1) is 18.8. The summed E-state index contributed by atoms with van der Waals surface area (Å²) in [5, 5.41) is 28.8. The first-order chi connectivity index (χ1) is 10.8. The van der Waals surface area contributed by atoms with Crippen LogP contribution in [-0.2, 0) is 17.6 Å². The lowest BCUT2D eigenvalue weighted by atomic mass is 10.0. The molecule has 0 aliphatic heterocycles. The number of benzene rings is 1. The summed E-state index contributed by atoms with van der Waals surface area (Å²) >= 11 is 0. The fourth-order valence-electron chi connectivity index (χ4n) is 2.27. The van der Waals surface area contributed by atoms with Crippen molar-refractivity contribution in [1.82, 2.24) is 0 Å². The van der Waals surface area contributed by atoms with Crippen molar-refractivity contribution in [2.75, 3.05) is 0 Å². The molecule has 1 aromatic rings. The van der Waals surface area contributed by atoms with E-state index < -0.39 is 5.97 Å². The van der Waals surface area contributed by atoms with Crippen molar-refractivity contribution >= 4 is 5.97 Å². The van der Waals surface area contributed by atoms with Gasteiger partial charge in [0.25, 0.3) is 0 Å². The van der Waals surface area contributed by atoms with Gasteiger partial charge in [0.05, 0.1) is 0 Å². The highest BCUT2D eigenvalue weighted by Crippen LogP contribution is 2.30. The number of carboxylic acid groups (broad SMARTS) is 1. The molecule has 0 unspecified atom stereocenters. The number of phenolic OH excluding ortho intramolecular Hbond substituents is 2. The van der Waals surface area contributed by atoms with Gasteiger partial charge in [-0.05, 0) is 64.2 Å². The third kappa shape index (κ3) is 7.04. The fraction of sp³-hybridized carbons (Fsp3) is 0.421. The Morgan fingerprint density at radius 3 is 2.17 bits per heavy atom. The van der Waals surface area contributed by atoms with Crippen molar-refractivity contribution in [2.24, 2.45) is 0 Å². The molecule has 23 heavy (non-hydrogen) atoms. The molecule has 0 saturated carbocycles. The van der Waals surface area contributed by atoms with E-state index in [4.69, 9.17) is 5.11 Å². The highest BCUT2D eigenvalue weighted by atomic mass is 16.4. The molecule has 0 bridgehead atoms. The Labute approximate surface area is 137 Å². The van der Waals surface area contributed by atoms with Gasteiger partial charge in [0, 0.05) is 12.0 Å². The van der Waals surface area contributed by atoms with E-state index >= 15 is 0 Å². The third-order valence-electron chi connectivity index (χ3n) is 3.64. The van der Waals surface area contributed by atoms with Gasteiger partial charge in [0.1, 0.15) is 11.5 Å². The highest BCUT2D eigenvalue weighted by Gasteiger charge is 2.10. The number of carbonyl (C=O) groups is 1. The quantitative estimate of drug-likeness (QED) is 0.623. The van der Waals surface area contributed by atoms with Gasteiger partial charge in [-0.15, -0.1) is 0 Å². The number of aromatic hydroxyl groups is 2. The second kappa shape index (κ2) is 9.03. The van der Waals surface area contributed by atoms with Crippen LogP contribution in [0.4, 0.5) is 0 Å². The molecule has 1 aromatic carbocycles. The van der Waals surface area contributed by atoms with Gasteiger partial charge >= 0.3 is 5.97 Å². The number of carboxylic acids is 1. The molecule has 0 heterocycles. The maximum Gasteiger partial charge on any atom is 0.303 e. The van der Waals surface area contributed by atoms with Crippen LogP contribution in [0.5, 0.6) is 11.5 Å². The van der Waals surface area contributed by atoms with Gasteiger partial charge < -0.3 is 15.3 Å². The number of allylic oxidation sites excluding steroid dienone is 4. The number of hydrogen-bond donors (Lipinski definition) is 3. The molecule has 4 nitrogen and oxygen atoms in total. The third-order valence-corrected chi connectivity index (χ3v) is 3.64. The molecule has 126 valence electrons. The van der Waals surface area contributed by atoms with E-state index in [1.54, 1.807) is 0 Å². The van der Waals surface area contributed by atoms with E-state index in [0.717, 1.165) is 12.8 Å². The Bertz CT molecular complexity index is 585. The van der Waals surface area contributed by atoms with Crippen LogP contribution in [0.15, 0.2) is 35.4 Å². The van der Waals surface area contributed by atoms with Crippen LogP contribution in [0, 0.1) is 0 Å². The van der Waals surface area contributed by atoms with Crippen molar-refractivity contribution in [1.29, 1.82) is 0 Å². The molecule has 3 N–H and O–H groups in total. The molecule has 0 spiro atoms. The van der Waals surface area contributed by atoms with Gasteiger partial charge in [-0.1, -0.05) is 23.3 Å². The van der Waals surface area contributed by atoms with Gasteiger partial charge in [0.15, 0.2) is 0 Å². The SMILES string of the molecule is CC(C)=CCC/C(C)=C/Cc1c(O)cc(CCC(=O)O)cc1O. The van der Waals surface area contributed by atoms with E-state index in [2.05, 4.69) is 19.9 Å². The summed E-state index contributed by atoms with van der Waals surface area (Å²) in [5.41, 5.74) is 3.60. The lowest BCUT2D eigenvalue weighted by Gasteiger charge is -2.09. The van der Waals surface area contributed by atoms with Crippen molar-refractivity contribution in [3.8, 4) is 11.5 Å². The monoisotopic (exact) mass is 318 g/mol. The average molecular weight is 318 g/mol. The van der Waals surface area contributed by atoms with E-state index in [9.17, 15) is 15.0 Å². The topological polar surface area (TPSA) is 77.8 Å². The minimum absolute atomic E-state index is 0.0127. The number of hydrogen-bond acceptors (Lipinski definition) is 3. The number of rotatable bonds is 8. The van der Waals surface area contributed by atoms with Crippen LogP contribution in [0.2, 0.25) is 0 Å². The normalized spacial score (nSPS) is 11.3. The molecule has 0 aliphatic carbocycles. The second-order valence-corrected chi connectivity index (χ2v) is 6.08. The molecule has 0 aromatic heterocycles. The zero-order valence-corrected chi connectivity index (χ0v) is 14.1. The Morgan fingerprint density at radius 2 is 1.65 bits per heavy atom. The highest BCUT2D eigenvalue weighted by molar-refractivity contribution is 5.67. The number of aliphatic carboxylic acids is 1. The molecular weight excluding hydrogens is 292 g/mol. The summed E-state index contributed by atoms with van der Waals surface area (Å²) in [5.74, 6) is -0.875. The van der Waals surface area contributed by atoms with Crippen LogP contribution in [0.1, 0.15) is 51.2 Å². The molecular formula is C19H26O4. The van der Waals surface area contributed by atoms with Crippen molar-refractivity contribution < 1.29 is 20.1 Å². The lowest BCUT2D eigenvalue weighted by molar-refractivity contribution is -0.136. The first-order valence-corrected chi connectivity index (χ1v) is 7.84. The maximum atomic E-state index is 10.6. The molecule has 0 amide bonds. The molecule has 0 aliphatic rings. The van der Waals surface area contributed by atoms with Gasteiger partial charge in [-0.2, -0.15) is 0 Å². The van der Waals surface area contributed by atoms with Crippen LogP contribution >= 0.6 is 0 Å². The molecule has 0 radical (unpaired) electrons. The van der Waals surface area contributed by atoms with Crippen LogP contribution in [0.3, 0.4) is 0 Å². The number of aryl methyl sites for hydroxylation is 1. The van der Waals surface area contributed by atoms with Gasteiger partial charge in [-0.3, -0.25) is 4.79 Å². The van der Waals surface area contributed by atoms with Crippen LogP contribution < -0.4 is 0 Å². The van der Waals surface area contributed by atoms with E-state index in [1.165, 1.54) is 23.3 Å². The average Bonchev–Trinajstić information content (AvgIpc) is 2.43. The summed E-state index contributed by atoms with van der Waals surface area (Å²) in [7, 11) is 0. The molecule has 4 heteroatoms. The van der Waals surface area contributed by atoms with Gasteiger partial charge in [0.2, 0.25) is 0 Å². The first-order valence-electron chi connectivity index (χ1n) is 7.84. The standard InChI is InChI=1S/C19H26O4/c1-13(2)5-4-6-14(3)7-9-16-17(20)11-15(12-18(16)21)8-10-19(22)23/h5,7,11-12,20-21H,4,6,8-10H2,1-3H3,(H,22,23)/b14-7+. The number of phenols is 2. The Kier molecular flexibility index (Phi) is 7.39. The minimum Gasteiger partial charge on any atom is -0.508 e. The minimum atomic E-state index is -0.900.